The summed E-state index contributed by atoms with van der Waals surface area (Å²) in [6.07, 6.45) is 4.60. The van der Waals surface area contributed by atoms with Gasteiger partial charge in [-0.15, -0.1) is 11.3 Å². The lowest BCUT2D eigenvalue weighted by molar-refractivity contribution is 0.410. The Hall–Kier alpha value is 0.230. The third-order valence-corrected chi connectivity index (χ3v) is 5.04. The van der Waals surface area contributed by atoms with Crippen molar-refractivity contribution in [2.24, 2.45) is 5.92 Å². The molecule has 2 rings (SSSR count). The molecule has 0 bridgehead atoms. The van der Waals surface area contributed by atoms with Crippen LogP contribution < -0.4 is 5.32 Å². The molecule has 1 aromatic rings. The normalized spacial score (nSPS) is 21.8. The zero-order valence-electron chi connectivity index (χ0n) is 8.54. The molecule has 0 saturated carbocycles. The maximum absolute atomic E-state index is 5.78. The van der Waals surface area contributed by atoms with E-state index in [0.29, 0.717) is 4.47 Å². The summed E-state index contributed by atoms with van der Waals surface area (Å²) in [6.45, 7) is 2.39. The Morgan fingerprint density at radius 2 is 2.60 bits per heavy atom. The second-order valence-electron chi connectivity index (χ2n) is 3.81. The van der Waals surface area contributed by atoms with Crippen LogP contribution in [0.5, 0.6) is 0 Å². The van der Waals surface area contributed by atoms with E-state index in [0.717, 1.165) is 11.7 Å². The van der Waals surface area contributed by atoms with Crippen molar-refractivity contribution in [2.45, 2.75) is 18.6 Å². The Morgan fingerprint density at radius 3 is 3.27 bits per heavy atom. The van der Waals surface area contributed by atoms with E-state index in [-0.39, 0.29) is 0 Å². The number of aromatic nitrogens is 1. The fourth-order valence-corrected chi connectivity index (χ4v) is 4.01. The first-order chi connectivity index (χ1) is 7.34. The van der Waals surface area contributed by atoms with Crippen molar-refractivity contribution in [3.05, 3.63) is 15.5 Å². The fourth-order valence-electron chi connectivity index (χ4n) is 1.74. The van der Waals surface area contributed by atoms with Gasteiger partial charge >= 0.3 is 0 Å². The first-order valence-corrected chi connectivity index (χ1v) is 7.58. The third kappa shape index (κ3) is 3.94. The summed E-state index contributed by atoms with van der Waals surface area (Å²) >= 11 is 9.37. The summed E-state index contributed by atoms with van der Waals surface area (Å²) in [7, 11) is 0. The Bertz CT molecular complexity index is 297. The molecule has 15 heavy (non-hydrogen) atoms. The van der Waals surface area contributed by atoms with E-state index in [1.165, 1.54) is 36.6 Å². The molecule has 5 heteroatoms. The van der Waals surface area contributed by atoms with Crippen molar-refractivity contribution in [1.82, 2.24) is 10.3 Å². The van der Waals surface area contributed by atoms with E-state index in [1.807, 2.05) is 18.0 Å². The van der Waals surface area contributed by atoms with E-state index in [1.54, 1.807) is 11.3 Å². The van der Waals surface area contributed by atoms with Crippen molar-refractivity contribution >= 4 is 34.7 Å². The van der Waals surface area contributed by atoms with Crippen LogP contribution in [-0.4, -0.2) is 23.8 Å². The molecule has 84 valence electrons. The van der Waals surface area contributed by atoms with Gasteiger partial charge in [0, 0.05) is 16.8 Å². The second-order valence-corrected chi connectivity index (χ2v) is 6.53. The van der Waals surface area contributed by atoms with Crippen molar-refractivity contribution in [1.29, 1.82) is 0 Å². The van der Waals surface area contributed by atoms with Crippen LogP contribution in [0.2, 0.25) is 4.47 Å². The Balaban J connectivity index is 1.65. The summed E-state index contributed by atoms with van der Waals surface area (Å²) in [6, 6.07) is 0. The van der Waals surface area contributed by atoms with Gasteiger partial charge in [-0.25, -0.2) is 4.98 Å². The summed E-state index contributed by atoms with van der Waals surface area (Å²) in [5.41, 5.74) is 0. The third-order valence-electron chi connectivity index (χ3n) is 2.52. The van der Waals surface area contributed by atoms with Crippen LogP contribution in [0.1, 0.15) is 17.7 Å². The van der Waals surface area contributed by atoms with Crippen LogP contribution in [0.3, 0.4) is 0 Å². The molecule has 1 fully saturated rings. The number of hydrogen-bond donors (Lipinski definition) is 1. The molecular weight excluding hydrogens is 248 g/mol. The quantitative estimate of drug-likeness (QED) is 0.903. The highest BCUT2D eigenvalue weighted by molar-refractivity contribution is 7.98. The maximum atomic E-state index is 5.78. The van der Waals surface area contributed by atoms with Crippen LogP contribution >= 0.6 is 34.7 Å². The van der Waals surface area contributed by atoms with Crippen LogP contribution in [0, 0.1) is 5.92 Å². The van der Waals surface area contributed by atoms with E-state index in [4.69, 9.17) is 11.6 Å². The minimum absolute atomic E-state index is 0.657. The molecule has 0 unspecified atom stereocenters. The van der Waals surface area contributed by atoms with Gasteiger partial charge in [0.15, 0.2) is 4.47 Å². The van der Waals surface area contributed by atoms with Crippen LogP contribution in [0.25, 0.3) is 0 Å². The Kier molecular flexibility index (Phi) is 4.75. The van der Waals surface area contributed by atoms with Gasteiger partial charge in [-0.05, 0) is 37.6 Å². The summed E-state index contributed by atoms with van der Waals surface area (Å²) < 4.78 is 0.657. The lowest BCUT2D eigenvalue weighted by Gasteiger charge is -2.21. The predicted octanol–water partition coefficient (Wildman–Crippen LogP) is 3.03. The number of nitrogens with zero attached hydrogens (tertiary/aromatic N) is 1. The molecule has 0 aromatic carbocycles. The number of thiazole rings is 1. The zero-order valence-corrected chi connectivity index (χ0v) is 10.9. The Morgan fingerprint density at radius 1 is 1.67 bits per heavy atom. The minimum Gasteiger partial charge on any atom is -0.316 e. The van der Waals surface area contributed by atoms with Gasteiger partial charge in [-0.2, -0.15) is 11.8 Å². The molecule has 1 aromatic heterocycles. The monoisotopic (exact) mass is 262 g/mol. The highest BCUT2D eigenvalue weighted by Gasteiger charge is 2.12. The molecule has 1 saturated heterocycles. The molecule has 2 heterocycles. The number of piperidine rings is 1. The zero-order chi connectivity index (χ0) is 10.5. The molecule has 0 radical (unpaired) electrons. The van der Waals surface area contributed by atoms with E-state index in [9.17, 15) is 0 Å². The van der Waals surface area contributed by atoms with Gasteiger partial charge in [0.25, 0.3) is 0 Å². The number of nitrogens with one attached hydrogen (secondary N) is 1. The average Bonchev–Trinajstić information content (AvgIpc) is 2.66. The summed E-state index contributed by atoms with van der Waals surface area (Å²) in [5.74, 6) is 3.16. The molecule has 1 aliphatic heterocycles. The SMILES string of the molecule is Clc1ncc(CSC[C@@H]2CCCNC2)s1. The van der Waals surface area contributed by atoms with Gasteiger partial charge in [0.2, 0.25) is 0 Å². The predicted molar refractivity (Wildman–Crippen MR) is 68.9 cm³/mol. The number of halogens is 1. The lowest BCUT2D eigenvalue weighted by Crippen LogP contribution is -2.30. The van der Waals surface area contributed by atoms with Gasteiger partial charge in [-0.3, -0.25) is 0 Å². The van der Waals surface area contributed by atoms with E-state index < -0.39 is 0 Å². The van der Waals surface area contributed by atoms with Gasteiger partial charge in [0.05, 0.1) is 0 Å². The van der Waals surface area contributed by atoms with Crippen LogP contribution in [-0.2, 0) is 5.75 Å². The van der Waals surface area contributed by atoms with Crippen molar-refractivity contribution in [2.75, 3.05) is 18.8 Å². The first kappa shape index (κ1) is 11.7. The largest absolute Gasteiger partial charge is 0.316 e. The molecule has 0 amide bonds. The number of hydrogen-bond acceptors (Lipinski definition) is 4. The highest BCUT2D eigenvalue weighted by atomic mass is 35.5. The molecule has 2 nitrogen and oxygen atoms in total. The molecule has 1 N–H and O–H groups in total. The van der Waals surface area contributed by atoms with Crippen molar-refractivity contribution in [3.8, 4) is 0 Å². The number of thioether (sulfide) groups is 1. The fraction of sp³-hybridized carbons (Fsp3) is 0.700. The smallest absolute Gasteiger partial charge is 0.183 e. The average molecular weight is 263 g/mol. The van der Waals surface area contributed by atoms with Gasteiger partial charge in [0.1, 0.15) is 0 Å². The lowest BCUT2D eigenvalue weighted by atomic mass is 10.0. The minimum atomic E-state index is 0.657. The molecule has 0 spiro atoms. The van der Waals surface area contributed by atoms with Gasteiger partial charge < -0.3 is 5.32 Å². The summed E-state index contributed by atoms with van der Waals surface area (Å²) in [5, 5.41) is 3.44. The standard InChI is InChI=1S/C10H15ClN2S2/c11-10-13-5-9(15-10)7-14-6-8-2-1-3-12-4-8/h5,8,12H,1-4,6-7H2/t8-/m1/s1. The van der Waals surface area contributed by atoms with Crippen LogP contribution in [0.15, 0.2) is 6.20 Å². The van der Waals surface area contributed by atoms with Crippen molar-refractivity contribution < 1.29 is 0 Å². The van der Waals surface area contributed by atoms with Crippen molar-refractivity contribution in [3.63, 3.8) is 0 Å². The van der Waals surface area contributed by atoms with Gasteiger partial charge in [-0.1, -0.05) is 11.6 Å². The first-order valence-electron chi connectivity index (χ1n) is 5.23. The molecule has 1 aliphatic rings. The molecular formula is C10H15ClN2S2. The van der Waals surface area contributed by atoms with E-state index in [2.05, 4.69) is 10.3 Å². The Labute approximate surface area is 104 Å². The molecule has 0 aliphatic carbocycles. The van der Waals surface area contributed by atoms with E-state index >= 15 is 0 Å². The molecule has 1 atom stereocenters. The van der Waals surface area contributed by atoms with Crippen LogP contribution in [0.4, 0.5) is 0 Å². The highest BCUT2D eigenvalue weighted by Crippen LogP contribution is 2.24. The maximum Gasteiger partial charge on any atom is 0.183 e. The second kappa shape index (κ2) is 6.09. The summed E-state index contributed by atoms with van der Waals surface area (Å²) in [4.78, 5) is 5.33. The topological polar surface area (TPSA) is 24.9 Å². The number of rotatable bonds is 4.